The highest BCUT2D eigenvalue weighted by molar-refractivity contribution is 6.30. The van der Waals surface area contributed by atoms with Crippen molar-refractivity contribution in [1.82, 2.24) is 0 Å². The van der Waals surface area contributed by atoms with Gasteiger partial charge in [-0.1, -0.05) is 29.8 Å². The molecule has 3 nitrogen and oxygen atoms in total. The van der Waals surface area contributed by atoms with E-state index in [4.69, 9.17) is 16.3 Å². The highest BCUT2D eigenvalue weighted by Crippen LogP contribution is 2.35. The number of carbonyl (C=O) groups excluding carboxylic acids is 1. The van der Waals surface area contributed by atoms with Crippen LogP contribution in [-0.2, 0) is 16.1 Å². The van der Waals surface area contributed by atoms with Crippen LogP contribution in [0.25, 0.3) is 11.1 Å². The molecule has 0 bridgehead atoms. The summed E-state index contributed by atoms with van der Waals surface area (Å²) in [5.74, 6) is 0.718. The van der Waals surface area contributed by atoms with Crippen LogP contribution in [0.3, 0.4) is 0 Å². The van der Waals surface area contributed by atoms with Crippen molar-refractivity contribution < 1.29 is 9.53 Å². The molecule has 2 aliphatic rings. The molecule has 0 N–H and O–H groups in total. The number of amides is 1. The van der Waals surface area contributed by atoms with E-state index in [0.29, 0.717) is 12.5 Å². The van der Waals surface area contributed by atoms with Crippen LogP contribution in [0.15, 0.2) is 42.5 Å². The van der Waals surface area contributed by atoms with Crippen LogP contribution >= 0.6 is 11.6 Å². The molecule has 118 valence electrons. The molecule has 4 rings (SSSR count). The molecule has 1 aliphatic carbocycles. The maximum Gasteiger partial charge on any atom is 0.253 e. The van der Waals surface area contributed by atoms with Gasteiger partial charge in [-0.05, 0) is 54.2 Å². The molecule has 0 unspecified atom stereocenters. The Kier molecular flexibility index (Phi) is 3.83. The fourth-order valence-electron chi connectivity index (χ4n) is 3.01. The van der Waals surface area contributed by atoms with Crippen LogP contribution in [0.5, 0.6) is 0 Å². The van der Waals surface area contributed by atoms with Gasteiger partial charge in [0.05, 0.1) is 6.61 Å². The number of hydrogen-bond acceptors (Lipinski definition) is 2. The molecule has 0 radical (unpaired) electrons. The van der Waals surface area contributed by atoms with Crippen LogP contribution in [0, 0.1) is 5.92 Å². The van der Waals surface area contributed by atoms with Gasteiger partial charge in [0.15, 0.2) is 0 Å². The predicted molar refractivity (Wildman–Crippen MR) is 91.6 cm³/mol. The number of ether oxygens (including phenoxy) is 1. The summed E-state index contributed by atoms with van der Waals surface area (Å²) in [5.41, 5.74) is 4.30. The van der Waals surface area contributed by atoms with Crippen LogP contribution in [0.2, 0.25) is 5.02 Å². The Labute approximate surface area is 140 Å². The summed E-state index contributed by atoms with van der Waals surface area (Å²) >= 11 is 5.96. The first-order valence-corrected chi connectivity index (χ1v) is 8.35. The summed E-state index contributed by atoms with van der Waals surface area (Å²) in [6.07, 6.45) is 2.45. The van der Waals surface area contributed by atoms with E-state index in [9.17, 15) is 4.79 Å². The van der Waals surface area contributed by atoms with Crippen LogP contribution in [0.4, 0.5) is 5.69 Å². The van der Waals surface area contributed by atoms with Gasteiger partial charge in [-0.15, -0.1) is 0 Å². The molecule has 0 spiro atoms. The van der Waals surface area contributed by atoms with Gasteiger partial charge in [-0.2, -0.15) is 0 Å². The molecular formula is C19H18ClNO2. The van der Waals surface area contributed by atoms with E-state index >= 15 is 0 Å². The summed E-state index contributed by atoms with van der Waals surface area (Å²) in [6.45, 7) is 1.46. The Bertz CT molecular complexity index is 738. The zero-order chi connectivity index (χ0) is 15.8. The molecule has 23 heavy (non-hydrogen) atoms. The maximum atomic E-state index is 12.3. The molecule has 2 aromatic carbocycles. The van der Waals surface area contributed by atoms with E-state index < -0.39 is 0 Å². The zero-order valence-electron chi connectivity index (χ0n) is 12.8. The standard InChI is InChI=1S/C19H18ClNO2/c20-17-6-3-14(4-7-17)15-5-8-18-16(9-15)11-23-12-19(22)21(18)10-13-1-2-13/h3-9,13H,1-2,10-12H2. The zero-order valence-corrected chi connectivity index (χ0v) is 13.6. The molecule has 0 atom stereocenters. The van der Waals surface area contributed by atoms with Gasteiger partial charge in [-0.25, -0.2) is 0 Å². The number of fused-ring (bicyclic) bond motifs is 1. The van der Waals surface area contributed by atoms with Crippen molar-refractivity contribution in [2.75, 3.05) is 18.1 Å². The molecule has 0 saturated heterocycles. The summed E-state index contributed by atoms with van der Waals surface area (Å²) < 4.78 is 5.56. The van der Waals surface area contributed by atoms with Crippen molar-refractivity contribution in [3.8, 4) is 11.1 Å². The van der Waals surface area contributed by atoms with Crippen molar-refractivity contribution in [3.05, 3.63) is 53.1 Å². The first-order valence-electron chi connectivity index (χ1n) is 7.98. The van der Waals surface area contributed by atoms with E-state index in [-0.39, 0.29) is 12.5 Å². The maximum absolute atomic E-state index is 12.3. The largest absolute Gasteiger partial charge is 0.367 e. The molecule has 1 amide bonds. The van der Waals surface area contributed by atoms with Crippen LogP contribution < -0.4 is 4.90 Å². The van der Waals surface area contributed by atoms with Gasteiger partial charge >= 0.3 is 0 Å². The molecular weight excluding hydrogens is 310 g/mol. The molecule has 2 aromatic rings. The van der Waals surface area contributed by atoms with E-state index in [0.717, 1.165) is 33.9 Å². The minimum absolute atomic E-state index is 0.0647. The molecule has 1 aliphatic heterocycles. The van der Waals surface area contributed by atoms with Gasteiger partial charge < -0.3 is 9.64 Å². The quantitative estimate of drug-likeness (QED) is 0.842. The predicted octanol–water partition coefficient (Wildman–Crippen LogP) is 4.28. The molecule has 1 saturated carbocycles. The Balaban J connectivity index is 1.70. The van der Waals surface area contributed by atoms with E-state index in [1.54, 1.807) is 0 Å². The first kappa shape index (κ1) is 14.7. The minimum Gasteiger partial charge on any atom is -0.367 e. The lowest BCUT2D eigenvalue weighted by Gasteiger charge is -2.22. The number of benzene rings is 2. The van der Waals surface area contributed by atoms with Crippen molar-refractivity contribution in [3.63, 3.8) is 0 Å². The average molecular weight is 328 g/mol. The number of carbonyl (C=O) groups is 1. The first-order chi connectivity index (χ1) is 11.2. The molecule has 1 heterocycles. The van der Waals surface area contributed by atoms with E-state index in [1.807, 2.05) is 35.2 Å². The molecule has 4 heteroatoms. The highest BCUT2D eigenvalue weighted by atomic mass is 35.5. The number of hydrogen-bond donors (Lipinski definition) is 0. The lowest BCUT2D eigenvalue weighted by molar-refractivity contribution is -0.123. The molecule has 1 fully saturated rings. The second kappa shape index (κ2) is 5.99. The van der Waals surface area contributed by atoms with Gasteiger partial charge in [0.25, 0.3) is 5.91 Å². The third kappa shape index (κ3) is 3.12. The Hall–Kier alpha value is -1.84. The SMILES string of the molecule is O=C1COCc2cc(-c3ccc(Cl)cc3)ccc2N1CC1CC1. The second-order valence-corrected chi connectivity index (χ2v) is 6.73. The number of nitrogens with zero attached hydrogens (tertiary/aromatic N) is 1. The molecule has 0 aromatic heterocycles. The summed E-state index contributed by atoms with van der Waals surface area (Å²) in [4.78, 5) is 14.2. The summed E-state index contributed by atoms with van der Waals surface area (Å²) in [6, 6.07) is 14.0. The van der Waals surface area contributed by atoms with E-state index in [1.165, 1.54) is 12.8 Å². The Morgan fingerprint density at radius 1 is 1.04 bits per heavy atom. The van der Waals surface area contributed by atoms with Crippen LogP contribution in [0.1, 0.15) is 18.4 Å². The summed E-state index contributed by atoms with van der Waals surface area (Å²) in [7, 11) is 0. The fourth-order valence-corrected chi connectivity index (χ4v) is 3.13. The smallest absolute Gasteiger partial charge is 0.253 e. The number of halogens is 1. The third-order valence-electron chi connectivity index (χ3n) is 4.47. The van der Waals surface area contributed by atoms with Gasteiger partial charge in [0.2, 0.25) is 0 Å². The van der Waals surface area contributed by atoms with E-state index in [2.05, 4.69) is 12.1 Å². The monoisotopic (exact) mass is 327 g/mol. The highest BCUT2D eigenvalue weighted by Gasteiger charge is 2.30. The summed E-state index contributed by atoms with van der Waals surface area (Å²) in [5, 5.41) is 0.730. The van der Waals surface area contributed by atoms with Gasteiger partial charge in [-0.3, -0.25) is 4.79 Å². The van der Waals surface area contributed by atoms with Crippen molar-refractivity contribution in [1.29, 1.82) is 0 Å². The fraction of sp³-hybridized carbons (Fsp3) is 0.316. The lowest BCUT2D eigenvalue weighted by atomic mass is 10.0. The van der Waals surface area contributed by atoms with Crippen molar-refractivity contribution >= 4 is 23.2 Å². The van der Waals surface area contributed by atoms with Gasteiger partial charge in [0.1, 0.15) is 6.61 Å². The van der Waals surface area contributed by atoms with Crippen molar-refractivity contribution in [2.24, 2.45) is 5.92 Å². The Morgan fingerprint density at radius 3 is 2.52 bits per heavy atom. The lowest BCUT2D eigenvalue weighted by Crippen LogP contribution is -2.34. The van der Waals surface area contributed by atoms with Gasteiger partial charge in [0, 0.05) is 22.8 Å². The minimum atomic E-state index is 0.0647. The third-order valence-corrected chi connectivity index (χ3v) is 4.72. The van der Waals surface area contributed by atoms with Crippen LogP contribution in [-0.4, -0.2) is 19.1 Å². The number of rotatable bonds is 3. The average Bonchev–Trinajstić information content (AvgIpc) is 3.38. The van der Waals surface area contributed by atoms with Crippen molar-refractivity contribution in [2.45, 2.75) is 19.4 Å². The second-order valence-electron chi connectivity index (χ2n) is 6.29. The normalized spacial score (nSPS) is 17.8. The number of anilines is 1. The Morgan fingerprint density at radius 2 is 1.78 bits per heavy atom. The topological polar surface area (TPSA) is 29.5 Å².